The van der Waals surface area contributed by atoms with Crippen molar-refractivity contribution in [3.05, 3.63) is 0 Å². The van der Waals surface area contributed by atoms with Gasteiger partial charge in [0.1, 0.15) is 0 Å². The Morgan fingerprint density at radius 3 is 2.50 bits per heavy atom. The molecule has 1 atom stereocenters. The highest BCUT2D eigenvalue weighted by atomic mass is 16.2. The molecule has 0 aliphatic rings. The number of hydrogen-bond donors (Lipinski definition) is 2. The van der Waals surface area contributed by atoms with E-state index in [0.29, 0.717) is 0 Å². The van der Waals surface area contributed by atoms with E-state index in [4.69, 9.17) is 5.84 Å². The largest absolute Gasteiger partial charge is 0.295 e. The normalized spacial score (nSPS) is 13.1. The predicted octanol–water partition coefficient (Wildman–Crippen LogP) is 0.0967. The molecule has 72 valence electrons. The van der Waals surface area contributed by atoms with Gasteiger partial charge in [0.05, 0.1) is 6.04 Å². The smallest absolute Gasteiger partial charge is 0.251 e. The fourth-order valence-corrected chi connectivity index (χ4v) is 1.30. The average Bonchev–Trinajstić information content (AvgIpc) is 2.06. The van der Waals surface area contributed by atoms with Crippen LogP contribution in [0, 0.1) is 0 Å². The molecule has 4 nitrogen and oxygen atoms in total. The van der Waals surface area contributed by atoms with Crippen molar-refractivity contribution in [1.29, 1.82) is 0 Å². The monoisotopic (exact) mass is 173 g/mol. The summed E-state index contributed by atoms with van der Waals surface area (Å²) in [6.45, 7) is 4.99. The summed E-state index contributed by atoms with van der Waals surface area (Å²) in [5.41, 5.74) is 2.17. The van der Waals surface area contributed by atoms with Crippen LogP contribution in [0.2, 0.25) is 0 Å². The van der Waals surface area contributed by atoms with E-state index in [2.05, 4.69) is 12.3 Å². The lowest BCUT2D eigenvalue weighted by molar-refractivity contribution is -0.126. The fraction of sp³-hybridized carbons (Fsp3) is 0.875. The fourth-order valence-electron chi connectivity index (χ4n) is 1.30. The topological polar surface area (TPSA) is 58.4 Å². The quantitative estimate of drug-likeness (QED) is 0.352. The van der Waals surface area contributed by atoms with Crippen LogP contribution in [0.1, 0.15) is 26.7 Å². The van der Waals surface area contributed by atoms with E-state index in [0.717, 1.165) is 19.4 Å². The van der Waals surface area contributed by atoms with E-state index >= 15 is 0 Å². The molecule has 0 aromatic heterocycles. The first-order chi connectivity index (χ1) is 5.67. The average molecular weight is 173 g/mol. The molecule has 0 aromatic carbocycles. The number of hydrogen-bond acceptors (Lipinski definition) is 3. The molecule has 1 unspecified atom stereocenters. The van der Waals surface area contributed by atoms with Crippen LogP contribution >= 0.6 is 0 Å². The molecule has 0 aliphatic heterocycles. The van der Waals surface area contributed by atoms with E-state index in [-0.39, 0.29) is 11.9 Å². The third kappa shape index (κ3) is 3.19. The van der Waals surface area contributed by atoms with Gasteiger partial charge in [0.2, 0.25) is 0 Å². The second kappa shape index (κ2) is 5.97. The maximum atomic E-state index is 11.2. The van der Waals surface area contributed by atoms with Gasteiger partial charge in [0.25, 0.3) is 5.91 Å². The molecule has 4 heteroatoms. The molecule has 0 radical (unpaired) electrons. The van der Waals surface area contributed by atoms with Crippen molar-refractivity contribution in [2.24, 2.45) is 5.84 Å². The van der Waals surface area contributed by atoms with Crippen molar-refractivity contribution < 1.29 is 4.79 Å². The van der Waals surface area contributed by atoms with Gasteiger partial charge in [-0.15, -0.1) is 0 Å². The Labute approximate surface area is 74.1 Å². The van der Waals surface area contributed by atoms with E-state index in [1.165, 1.54) is 0 Å². The zero-order chi connectivity index (χ0) is 9.56. The summed E-state index contributed by atoms with van der Waals surface area (Å²) in [4.78, 5) is 13.2. The zero-order valence-electron chi connectivity index (χ0n) is 8.13. The summed E-state index contributed by atoms with van der Waals surface area (Å²) in [6, 6.07) is -0.0880. The molecule has 0 aliphatic carbocycles. The Morgan fingerprint density at radius 2 is 2.17 bits per heavy atom. The first-order valence-corrected chi connectivity index (χ1v) is 4.38. The van der Waals surface area contributed by atoms with E-state index < -0.39 is 0 Å². The number of hydrazine groups is 1. The first-order valence-electron chi connectivity index (χ1n) is 4.38. The number of carbonyl (C=O) groups excluding carboxylic acids is 1. The second-order valence-corrected chi connectivity index (χ2v) is 2.91. The predicted molar refractivity (Wildman–Crippen MR) is 49.3 cm³/mol. The van der Waals surface area contributed by atoms with Crippen LogP contribution < -0.4 is 11.3 Å². The maximum Gasteiger partial charge on any atom is 0.251 e. The third-order valence-corrected chi connectivity index (χ3v) is 1.94. The number of rotatable bonds is 5. The lowest BCUT2D eigenvalue weighted by atomic mass is 10.2. The lowest BCUT2D eigenvalue weighted by Crippen LogP contribution is -2.47. The van der Waals surface area contributed by atoms with E-state index in [9.17, 15) is 4.79 Å². The van der Waals surface area contributed by atoms with Gasteiger partial charge in [0.15, 0.2) is 0 Å². The van der Waals surface area contributed by atoms with Crippen LogP contribution in [0.4, 0.5) is 0 Å². The molecule has 3 N–H and O–H groups in total. The number of amides is 1. The summed E-state index contributed by atoms with van der Waals surface area (Å²) in [5.74, 6) is 4.95. The van der Waals surface area contributed by atoms with Crippen molar-refractivity contribution in [3.8, 4) is 0 Å². The minimum Gasteiger partial charge on any atom is -0.295 e. The second-order valence-electron chi connectivity index (χ2n) is 2.91. The Morgan fingerprint density at radius 1 is 1.58 bits per heavy atom. The number of nitrogens with zero attached hydrogens (tertiary/aromatic N) is 1. The Kier molecular flexibility index (Phi) is 5.66. The van der Waals surface area contributed by atoms with Crippen LogP contribution in [0.15, 0.2) is 0 Å². The first kappa shape index (κ1) is 11.4. The van der Waals surface area contributed by atoms with Gasteiger partial charge in [-0.3, -0.25) is 15.1 Å². The number of carbonyl (C=O) groups is 1. The summed E-state index contributed by atoms with van der Waals surface area (Å²) in [5, 5.41) is 0. The van der Waals surface area contributed by atoms with Gasteiger partial charge in [-0.2, -0.15) is 0 Å². The zero-order valence-corrected chi connectivity index (χ0v) is 8.13. The highest BCUT2D eigenvalue weighted by molar-refractivity contribution is 5.80. The lowest BCUT2D eigenvalue weighted by Gasteiger charge is -2.24. The molecule has 0 saturated carbocycles. The van der Waals surface area contributed by atoms with Gasteiger partial charge in [-0.05, 0) is 26.4 Å². The Hall–Kier alpha value is -0.610. The molecule has 0 saturated heterocycles. The molecule has 0 spiro atoms. The summed E-state index contributed by atoms with van der Waals surface area (Å²) >= 11 is 0. The van der Waals surface area contributed by atoms with Crippen molar-refractivity contribution in [2.75, 3.05) is 13.6 Å². The van der Waals surface area contributed by atoms with Crippen LogP contribution in [-0.2, 0) is 4.79 Å². The van der Waals surface area contributed by atoms with Crippen LogP contribution in [0.3, 0.4) is 0 Å². The van der Waals surface area contributed by atoms with Gasteiger partial charge in [-0.25, -0.2) is 5.84 Å². The number of nitrogens with two attached hydrogens (primary N) is 1. The third-order valence-electron chi connectivity index (χ3n) is 1.94. The van der Waals surface area contributed by atoms with Gasteiger partial charge < -0.3 is 0 Å². The highest BCUT2D eigenvalue weighted by Crippen LogP contribution is 2.01. The van der Waals surface area contributed by atoms with E-state index in [1.54, 1.807) is 0 Å². The van der Waals surface area contributed by atoms with Gasteiger partial charge in [0, 0.05) is 0 Å². The molecular formula is C8H19N3O. The molecule has 0 fully saturated rings. The van der Waals surface area contributed by atoms with Crippen molar-refractivity contribution in [2.45, 2.75) is 32.7 Å². The molecule has 0 aromatic rings. The molecule has 0 rings (SSSR count). The number of nitrogens with one attached hydrogen (secondary N) is 1. The van der Waals surface area contributed by atoms with Gasteiger partial charge in [-0.1, -0.05) is 13.8 Å². The summed E-state index contributed by atoms with van der Waals surface area (Å²) in [6.07, 6.45) is 1.84. The molecule has 1 amide bonds. The number of likely N-dealkylation sites (N-methyl/N-ethyl adjacent to an activating group) is 1. The van der Waals surface area contributed by atoms with Crippen LogP contribution in [0.25, 0.3) is 0 Å². The highest BCUT2D eigenvalue weighted by Gasteiger charge is 2.18. The molecular weight excluding hydrogens is 154 g/mol. The SMILES string of the molecule is CCCN(C)C(CC)C(=O)NN. The van der Waals surface area contributed by atoms with E-state index in [1.807, 2.05) is 18.9 Å². The van der Waals surface area contributed by atoms with Crippen LogP contribution in [0.5, 0.6) is 0 Å². The molecule has 0 heterocycles. The molecule has 0 bridgehead atoms. The van der Waals surface area contributed by atoms with Crippen molar-refractivity contribution >= 4 is 5.91 Å². The van der Waals surface area contributed by atoms with Crippen LogP contribution in [-0.4, -0.2) is 30.4 Å². The van der Waals surface area contributed by atoms with Crippen molar-refractivity contribution in [3.63, 3.8) is 0 Å². The maximum absolute atomic E-state index is 11.2. The minimum absolute atomic E-state index is 0.0880. The summed E-state index contributed by atoms with van der Waals surface area (Å²) < 4.78 is 0. The minimum atomic E-state index is -0.103. The van der Waals surface area contributed by atoms with Gasteiger partial charge >= 0.3 is 0 Å². The Bertz CT molecular complexity index is 138. The Balaban J connectivity index is 4.03. The summed E-state index contributed by atoms with van der Waals surface area (Å²) in [7, 11) is 1.94. The van der Waals surface area contributed by atoms with Crippen molar-refractivity contribution in [1.82, 2.24) is 10.3 Å². The molecule has 12 heavy (non-hydrogen) atoms. The standard InChI is InChI=1S/C8H19N3O/c1-4-6-11(3)7(5-2)8(12)10-9/h7H,4-6,9H2,1-3H3,(H,10,12).